The first-order valence-electron chi connectivity index (χ1n) is 21.1. The number of hydrogen-bond donors (Lipinski definition) is 0. The molecule has 0 aliphatic carbocycles. The number of aryl methyl sites for hydroxylation is 8. The molecule has 0 spiro atoms. The van der Waals surface area contributed by atoms with Gasteiger partial charge < -0.3 is 0 Å². The monoisotopic (exact) mass is 928 g/mol. The minimum atomic E-state index is -0.738. The zero-order chi connectivity index (χ0) is 43.0. The van der Waals surface area contributed by atoms with Gasteiger partial charge in [-0.05, 0) is 247 Å². The molecular weight excluding hydrogens is 872 g/mol. The van der Waals surface area contributed by atoms with Crippen LogP contribution in [0.5, 0.6) is 0 Å². The van der Waals surface area contributed by atoms with Crippen molar-refractivity contribution in [2.24, 2.45) is 0 Å². The summed E-state index contributed by atoms with van der Waals surface area (Å²) in [4.78, 5) is 0. The summed E-state index contributed by atoms with van der Waals surface area (Å²) in [7, 11) is 5.40. The van der Waals surface area contributed by atoms with Crippen LogP contribution in [0.15, 0.2) is 113 Å². The molecule has 5 aliphatic rings. The number of rotatable bonds is 4. The predicted molar refractivity (Wildman–Crippen MR) is 285 cm³/mol. The van der Waals surface area contributed by atoms with E-state index >= 15 is 0 Å². The molecule has 0 amide bonds. The second-order valence-electron chi connectivity index (χ2n) is 17.7. The lowest BCUT2D eigenvalue weighted by atomic mass is 10.0. The summed E-state index contributed by atoms with van der Waals surface area (Å²) < 4.78 is 0. The number of hydrogen-bond acceptors (Lipinski definition) is 0. The van der Waals surface area contributed by atoms with Gasteiger partial charge in [-0.25, -0.2) is 0 Å². The molecule has 5 aliphatic heterocycles. The molecule has 0 nitrogen and oxygen atoms in total. The van der Waals surface area contributed by atoms with E-state index in [-0.39, 0.29) is 0 Å². The smallest absolute Gasteiger partial charge is 0.0177 e. The van der Waals surface area contributed by atoms with E-state index in [4.69, 9.17) is 0 Å². The molecule has 60 heavy (non-hydrogen) atoms. The lowest BCUT2D eigenvalue weighted by molar-refractivity contribution is 1.35. The number of fused-ring (bicyclic) bond motifs is 4. The lowest BCUT2D eigenvalue weighted by Gasteiger charge is -2.19. The predicted octanol–water partition coefficient (Wildman–Crippen LogP) is 19.3. The maximum absolute atomic E-state index is 2.58. The van der Waals surface area contributed by atoms with Gasteiger partial charge in [0.2, 0.25) is 0 Å². The first kappa shape index (κ1) is 43.0. The molecule has 9 heterocycles. The van der Waals surface area contributed by atoms with E-state index in [9.17, 15) is 0 Å². The Morgan fingerprint density at radius 3 is 0.600 bits per heavy atom. The Balaban J connectivity index is 1.68. The third-order valence-electron chi connectivity index (χ3n) is 14.1. The second kappa shape index (κ2) is 15.8. The van der Waals surface area contributed by atoms with Gasteiger partial charge >= 0.3 is 0 Å². The molecule has 0 fully saturated rings. The summed E-state index contributed by atoms with van der Waals surface area (Å²) >= 11 is 0. The van der Waals surface area contributed by atoms with Crippen molar-refractivity contribution in [3.8, 4) is 0 Å². The molecule has 4 atom stereocenters. The van der Waals surface area contributed by atoms with E-state index in [0.29, 0.717) is 0 Å². The van der Waals surface area contributed by atoms with Gasteiger partial charge in [0.25, 0.3) is 0 Å². The molecular formula is C52H56P8. The molecule has 4 aromatic heterocycles. The van der Waals surface area contributed by atoms with Crippen molar-refractivity contribution in [2.45, 2.75) is 111 Å². The van der Waals surface area contributed by atoms with Gasteiger partial charge in [-0.2, -0.15) is 0 Å². The zero-order valence-electron chi connectivity index (χ0n) is 38.2. The average molecular weight is 929 g/mol. The topological polar surface area (TPSA) is 0 Å². The maximum Gasteiger partial charge on any atom is 0.0177 e. The Kier molecular flexibility index (Phi) is 11.3. The van der Waals surface area contributed by atoms with Crippen LogP contribution in [0.1, 0.15) is 121 Å². The highest BCUT2D eigenvalue weighted by molar-refractivity contribution is 8.11. The van der Waals surface area contributed by atoms with Crippen LogP contribution in [-0.4, -0.2) is 21.2 Å². The molecule has 0 saturated heterocycles. The highest BCUT2D eigenvalue weighted by Gasteiger charge is 2.39. The van der Waals surface area contributed by atoms with E-state index in [1.807, 2.05) is 0 Å². The van der Waals surface area contributed by atoms with Crippen molar-refractivity contribution < 1.29 is 0 Å². The molecule has 0 aromatic carbocycles. The number of allylic oxidation sites excluding steroid dienone is 12. The van der Waals surface area contributed by atoms with Gasteiger partial charge in [0.1, 0.15) is 0 Å². The van der Waals surface area contributed by atoms with Crippen LogP contribution in [-0.2, 0) is 0 Å². The Morgan fingerprint density at radius 1 is 0.250 bits per heavy atom. The molecule has 0 radical (unpaired) electrons. The van der Waals surface area contributed by atoms with Crippen molar-refractivity contribution in [3.63, 3.8) is 0 Å². The van der Waals surface area contributed by atoms with E-state index in [1.165, 1.54) is 77.3 Å². The van der Waals surface area contributed by atoms with Gasteiger partial charge in [-0.3, -0.25) is 0 Å². The van der Waals surface area contributed by atoms with Crippen molar-refractivity contribution in [3.05, 3.63) is 179 Å². The molecule has 8 heteroatoms. The van der Waals surface area contributed by atoms with Gasteiger partial charge in [0.15, 0.2) is 0 Å². The Morgan fingerprint density at radius 2 is 0.433 bits per heavy atom. The highest BCUT2D eigenvalue weighted by Crippen LogP contribution is 2.73. The third-order valence-corrected chi connectivity index (χ3v) is 35.7. The van der Waals surface area contributed by atoms with Crippen LogP contribution in [0, 0.1) is 55.4 Å². The van der Waals surface area contributed by atoms with Crippen LogP contribution in [0.3, 0.4) is 0 Å². The summed E-state index contributed by atoms with van der Waals surface area (Å²) in [5.74, 6) is 9.97. The minimum absolute atomic E-state index is 0.738. The first-order chi connectivity index (χ1) is 28.4. The fraction of sp³-hybridized carbons (Fsp3) is 0.308. The van der Waals surface area contributed by atoms with Crippen LogP contribution in [0.2, 0.25) is 0 Å². The summed E-state index contributed by atoms with van der Waals surface area (Å²) in [6.07, 6.45) is 0. The minimum Gasteiger partial charge on any atom is -0.0671 e. The van der Waals surface area contributed by atoms with Crippen molar-refractivity contribution in [1.82, 2.24) is 0 Å². The standard InChI is InChI=1S/C52H56P8/c1-25-17-41(53-21-29(25)5)45-33(9)37(13)49-50-38(14)35(11)47(43-19-27(3)31(7)23-55-43)59(50)60-48(44-20-28(4)32(8)24-56-44)36(12)40(16)52(60)51-39(15)34(10)46(58(51)57(45)49)42-18-26(2)30(6)22-54-42/h17-24H,1-16H3/b50-49-,52-51-. The van der Waals surface area contributed by atoms with E-state index in [1.54, 1.807) is 108 Å². The average Bonchev–Trinajstić information content (AvgIpc) is 3.80. The Hall–Kier alpha value is -2.28. The normalized spacial score (nSPS) is 23.3. The van der Waals surface area contributed by atoms with E-state index in [0.717, 1.165) is 0 Å². The van der Waals surface area contributed by atoms with Gasteiger partial charge in [0, 0.05) is 63.6 Å². The highest BCUT2D eigenvalue weighted by atomic mass is 31.8. The van der Waals surface area contributed by atoms with Gasteiger partial charge in [0.05, 0.1) is 0 Å². The second-order valence-corrected chi connectivity index (χ2v) is 32.5. The molecule has 0 bridgehead atoms. The van der Waals surface area contributed by atoms with Crippen LogP contribution in [0.25, 0.3) is 0 Å². The maximum atomic E-state index is 2.58. The summed E-state index contributed by atoms with van der Waals surface area (Å²) in [6.45, 7) is 35.8. The molecule has 304 valence electrons. The largest absolute Gasteiger partial charge is 0.0671 e. The molecule has 4 unspecified atom stereocenters. The van der Waals surface area contributed by atoms with Gasteiger partial charge in [-0.15, -0.1) is 0 Å². The Labute approximate surface area is 368 Å². The first-order valence-corrected chi connectivity index (χ1v) is 31.7. The Bertz CT molecular complexity index is 2890. The summed E-state index contributed by atoms with van der Waals surface area (Å²) in [5.41, 5.74) is 23.9. The van der Waals surface area contributed by atoms with Crippen LogP contribution in [0.4, 0.5) is 0 Å². The molecule has 9 rings (SSSR count). The van der Waals surface area contributed by atoms with Crippen molar-refractivity contribution in [2.75, 3.05) is 0 Å². The molecule has 0 N–H and O–H groups in total. The van der Waals surface area contributed by atoms with E-state index in [2.05, 4.69) is 158 Å². The fourth-order valence-corrected chi connectivity index (χ4v) is 38.5. The molecule has 4 aromatic rings. The zero-order valence-corrected chi connectivity index (χ0v) is 45.4. The van der Waals surface area contributed by atoms with Crippen LogP contribution < -0.4 is 0 Å². The van der Waals surface area contributed by atoms with Crippen molar-refractivity contribution >= 4 is 81.3 Å². The SMILES string of the molecule is CC1=C(C)C2=C3C(C)=C(C)C(c4cc(C)c(C)cp4)=P\3=P3=C(c4cc(C)c(C)cp4)C(C)=C(C)C/3=C3C(C)=C(C)C(c4cc(C)c(C)cp4)=P\3=P\2=C1c1cc(C)c(C)cp1. The van der Waals surface area contributed by atoms with Crippen LogP contribution >= 0.6 is 60.1 Å². The lowest BCUT2D eigenvalue weighted by Crippen LogP contribution is -1.98. The fourth-order valence-electron chi connectivity index (χ4n) is 9.27. The van der Waals surface area contributed by atoms with Gasteiger partial charge in [-0.1, -0.05) is 60.1 Å². The third kappa shape index (κ3) is 6.38. The molecule has 0 saturated carbocycles. The summed E-state index contributed by atoms with van der Waals surface area (Å²) in [6, 6.07) is 10.3. The summed E-state index contributed by atoms with van der Waals surface area (Å²) in [5, 5.41) is 20.0. The van der Waals surface area contributed by atoms with Crippen molar-refractivity contribution in [1.29, 1.82) is 0 Å². The quantitative estimate of drug-likeness (QED) is 0.179. The van der Waals surface area contributed by atoms with E-state index < -0.39 is 27.3 Å².